The molecule has 0 aromatic heterocycles. The number of ether oxygens (including phenoxy) is 1. The molecule has 0 unspecified atom stereocenters. The predicted octanol–water partition coefficient (Wildman–Crippen LogP) is 12.2. The van der Waals surface area contributed by atoms with Gasteiger partial charge in [-0.05, 0) is 46.2 Å². The molecule has 9 aromatic carbocycles. The molecule has 0 saturated heterocycles. The van der Waals surface area contributed by atoms with E-state index in [0.29, 0.717) is 17.1 Å². The van der Waals surface area contributed by atoms with Gasteiger partial charge in [-0.25, -0.2) is 4.79 Å². The summed E-state index contributed by atoms with van der Waals surface area (Å²) < 4.78 is 21.0. The number of esters is 1. The molecule has 0 N–H and O–H groups in total. The molecule has 0 amide bonds. The molecule has 0 aliphatic heterocycles. The van der Waals surface area contributed by atoms with Crippen molar-refractivity contribution in [3.05, 3.63) is 229 Å². The summed E-state index contributed by atoms with van der Waals surface area (Å²) in [4.78, 5) is 14.8. The summed E-state index contributed by atoms with van der Waals surface area (Å²) in [5, 5.41) is 8.01. The van der Waals surface area contributed by atoms with Crippen LogP contribution < -0.4 is 30.3 Å². The third-order valence-electron chi connectivity index (χ3n) is 10.2. The van der Waals surface area contributed by atoms with Crippen LogP contribution in [0.2, 0.25) is 0 Å². The maximum Gasteiger partial charge on any atom is 0.342 e. The molecule has 0 aliphatic rings. The minimum Gasteiger partial charge on any atom is -0.464 e. The number of aryl methyl sites for hydroxylation is 1. The van der Waals surface area contributed by atoms with Crippen LogP contribution in [0.4, 0.5) is 0 Å². The van der Waals surface area contributed by atoms with Crippen LogP contribution in [-0.4, -0.2) is 5.97 Å². The van der Waals surface area contributed by atoms with Gasteiger partial charge in [-0.3, -0.25) is 0 Å². The number of benzene rings is 9. The number of rotatable bonds is 12. The summed E-state index contributed by atoms with van der Waals surface area (Å²) in [6, 6.07) is 71.9. The molecule has 0 fully saturated rings. The van der Waals surface area contributed by atoms with E-state index in [-0.39, 0.29) is 6.61 Å². The Labute approximate surface area is 347 Å². The van der Waals surface area contributed by atoms with Gasteiger partial charge in [-0.15, -0.1) is 0 Å². The van der Waals surface area contributed by atoms with E-state index in [9.17, 15) is 4.79 Å². The molecule has 0 spiro atoms. The lowest BCUT2D eigenvalue weighted by Gasteiger charge is -2.27. The Hall–Kier alpha value is -6.57. The third kappa shape index (κ3) is 8.25. The Bertz CT molecular complexity index is 2770. The lowest BCUT2D eigenvalue weighted by Crippen LogP contribution is -2.18. The van der Waals surface area contributed by atoms with Crippen molar-refractivity contribution in [1.82, 2.24) is 0 Å². The monoisotopic (exact) mass is 802 g/mol. The molecule has 0 radical (unpaired) electrons. The van der Waals surface area contributed by atoms with E-state index < -0.39 is 22.3 Å². The van der Waals surface area contributed by atoms with Crippen molar-refractivity contribution in [2.45, 2.75) is 13.5 Å². The average Bonchev–Trinajstić information content (AvgIpc) is 3.30. The topological polar surface area (TPSA) is 44.8 Å². The molecule has 0 saturated carbocycles. The van der Waals surface area contributed by atoms with E-state index in [1.807, 2.05) is 110 Å². The second kappa shape index (κ2) is 17.5. The molecule has 0 heterocycles. The largest absolute Gasteiger partial charge is 0.464 e. The Morgan fingerprint density at radius 3 is 1.46 bits per heavy atom. The van der Waals surface area contributed by atoms with Gasteiger partial charge in [0.05, 0.1) is 0 Å². The Morgan fingerprint density at radius 2 is 0.915 bits per heavy atom. The fourth-order valence-electron chi connectivity index (χ4n) is 7.27. The van der Waals surface area contributed by atoms with Crippen molar-refractivity contribution >= 4 is 65.0 Å². The molecule has 0 aliphatic carbocycles. The van der Waals surface area contributed by atoms with Gasteiger partial charge in [0.25, 0.3) is 0 Å². The third-order valence-corrected chi connectivity index (χ3v) is 14.0. The molecule has 4 nitrogen and oxygen atoms in total. The highest BCUT2D eigenvalue weighted by atomic mass is 31.1. The molecule has 0 bridgehead atoms. The van der Waals surface area contributed by atoms with Crippen LogP contribution in [0, 0.1) is 6.92 Å². The van der Waals surface area contributed by atoms with Crippen LogP contribution in [0.3, 0.4) is 0 Å². The molecule has 286 valence electrons. The quantitative estimate of drug-likeness (QED) is 0.0912. The SMILES string of the molecule is Cc1ccc(COC(=O)c2cc3ccccc3c(-c3c(OP(c4ccccc4)c4ccccc4)ccc4ccccc34)c2OP(c2ccccc2)c2ccccc2)cc1. The molecule has 9 rings (SSSR count). The smallest absolute Gasteiger partial charge is 0.342 e. The molecular weight excluding hydrogens is 763 g/mol. The highest BCUT2D eigenvalue weighted by Gasteiger charge is 2.30. The standard InChI is InChI=1S/C53H40O4P2/c1-38-30-32-39(33-31-38)37-55-53(54)48-36-41-19-15-17-29-47(41)51(52(48)57-59(44-24-10-4-11-25-44)45-26-12-5-13-27-45)50-46-28-16-14-18-40(46)34-35-49(50)56-58(42-20-6-2-7-21-42)43-22-8-3-9-23-43/h2-36H,37H2,1H3. The lowest BCUT2D eigenvalue weighted by atomic mass is 9.90. The summed E-state index contributed by atoms with van der Waals surface area (Å²) >= 11 is 0. The van der Waals surface area contributed by atoms with Crippen molar-refractivity contribution in [3.8, 4) is 22.6 Å². The zero-order valence-electron chi connectivity index (χ0n) is 32.4. The van der Waals surface area contributed by atoms with E-state index in [1.165, 1.54) is 0 Å². The minimum atomic E-state index is -1.47. The van der Waals surface area contributed by atoms with Crippen molar-refractivity contribution in [1.29, 1.82) is 0 Å². The van der Waals surface area contributed by atoms with Crippen molar-refractivity contribution in [3.63, 3.8) is 0 Å². The van der Waals surface area contributed by atoms with Crippen LogP contribution >= 0.6 is 16.3 Å². The maximum absolute atomic E-state index is 14.8. The van der Waals surface area contributed by atoms with Gasteiger partial charge in [0.15, 0.2) is 16.3 Å². The zero-order chi connectivity index (χ0) is 40.0. The lowest BCUT2D eigenvalue weighted by molar-refractivity contribution is 0.0471. The molecule has 9 aromatic rings. The van der Waals surface area contributed by atoms with E-state index in [4.69, 9.17) is 13.8 Å². The summed E-state index contributed by atoms with van der Waals surface area (Å²) in [6.45, 7) is 2.16. The Balaban J connectivity index is 1.31. The van der Waals surface area contributed by atoms with Gasteiger partial charge < -0.3 is 13.8 Å². The number of carbonyl (C=O) groups is 1. The van der Waals surface area contributed by atoms with Crippen LogP contribution in [0.5, 0.6) is 11.5 Å². The number of hydrogen-bond donors (Lipinski definition) is 0. The normalized spacial score (nSPS) is 11.2. The van der Waals surface area contributed by atoms with Gasteiger partial charge in [0, 0.05) is 32.3 Å². The van der Waals surface area contributed by atoms with Crippen molar-refractivity contribution < 1.29 is 18.6 Å². The van der Waals surface area contributed by atoms with Crippen LogP contribution in [0.15, 0.2) is 212 Å². The molecule has 0 atom stereocenters. The number of fused-ring (bicyclic) bond motifs is 2. The van der Waals surface area contributed by atoms with Crippen LogP contribution in [0.1, 0.15) is 21.5 Å². The predicted molar refractivity (Wildman–Crippen MR) is 247 cm³/mol. The fraction of sp³-hybridized carbons (Fsp3) is 0.0377. The van der Waals surface area contributed by atoms with E-state index in [0.717, 1.165) is 65.0 Å². The minimum absolute atomic E-state index is 0.119. The summed E-state index contributed by atoms with van der Waals surface area (Å²) in [7, 11) is -2.79. The van der Waals surface area contributed by atoms with Gasteiger partial charge >= 0.3 is 5.97 Å². The second-order valence-corrected chi connectivity index (χ2v) is 17.8. The fourth-order valence-corrected chi connectivity index (χ4v) is 10.8. The first kappa shape index (κ1) is 38.0. The van der Waals surface area contributed by atoms with E-state index in [2.05, 4.69) is 109 Å². The number of carbonyl (C=O) groups excluding carboxylic acids is 1. The Morgan fingerprint density at radius 1 is 0.458 bits per heavy atom. The molecule has 6 heteroatoms. The molecular formula is C53H40O4P2. The second-order valence-electron chi connectivity index (χ2n) is 14.2. The summed E-state index contributed by atoms with van der Waals surface area (Å²) in [5.41, 5.74) is 4.01. The first-order valence-corrected chi connectivity index (χ1v) is 22.1. The van der Waals surface area contributed by atoms with E-state index in [1.54, 1.807) is 0 Å². The van der Waals surface area contributed by atoms with Gasteiger partial charge in [0.1, 0.15) is 23.7 Å². The van der Waals surface area contributed by atoms with Crippen molar-refractivity contribution in [2.24, 2.45) is 0 Å². The van der Waals surface area contributed by atoms with Crippen LogP contribution in [-0.2, 0) is 11.3 Å². The highest BCUT2D eigenvalue weighted by Crippen LogP contribution is 2.53. The first-order valence-electron chi connectivity index (χ1n) is 19.6. The average molecular weight is 803 g/mol. The first-order chi connectivity index (χ1) is 29.1. The van der Waals surface area contributed by atoms with Gasteiger partial charge in [-0.2, -0.15) is 0 Å². The maximum atomic E-state index is 14.8. The Kier molecular flexibility index (Phi) is 11.3. The van der Waals surface area contributed by atoms with Gasteiger partial charge in [0.2, 0.25) is 0 Å². The van der Waals surface area contributed by atoms with Crippen molar-refractivity contribution in [2.75, 3.05) is 0 Å². The zero-order valence-corrected chi connectivity index (χ0v) is 34.2. The summed E-state index contributed by atoms with van der Waals surface area (Å²) in [5.74, 6) is 0.662. The van der Waals surface area contributed by atoms with Gasteiger partial charge in [-0.1, -0.05) is 206 Å². The van der Waals surface area contributed by atoms with Crippen LogP contribution in [0.25, 0.3) is 32.7 Å². The highest BCUT2D eigenvalue weighted by molar-refractivity contribution is 7.69. The number of hydrogen-bond acceptors (Lipinski definition) is 4. The molecule has 59 heavy (non-hydrogen) atoms. The summed E-state index contributed by atoms with van der Waals surface area (Å²) in [6.07, 6.45) is 0. The van der Waals surface area contributed by atoms with E-state index >= 15 is 0 Å².